The predicted molar refractivity (Wildman–Crippen MR) is 205 cm³/mol. The summed E-state index contributed by atoms with van der Waals surface area (Å²) in [4.78, 5) is 3.83. The number of thioether (sulfide) groups is 1. The van der Waals surface area contributed by atoms with Crippen molar-refractivity contribution in [3.05, 3.63) is 186 Å². The van der Waals surface area contributed by atoms with Crippen LogP contribution in [0.25, 0.3) is 27.8 Å². The Morgan fingerprint density at radius 1 is 0.521 bits per heavy atom. The number of hydrogen-bond acceptors (Lipinski definition) is 2. The molecule has 6 aromatic rings. The molecule has 1 nitrogen and oxygen atoms in total. The molecule has 0 aromatic heterocycles. The number of benzene rings is 6. The maximum absolute atomic E-state index is 2.50. The molecule has 2 atom stereocenters. The van der Waals surface area contributed by atoms with Gasteiger partial charge in [0.15, 0.2) is 0 Å². The molecule has 2 heteroatoms. The van der Waals surface area contributed by atoms with Crippen molar-refractivity contribution in [2.45, 2.75) is 41.7 Å². The number of hydrogen-bond donors (Lipinski definition) is 0. The van der Waals surface area contributed by atoms with Crippen LogP contribution in [0.5, 0.6) is 0 Å². The summed E-state index contributed by atoms with van der Waals surface area (Å²) in [5.74, 6) is 0. The van der Waals surface area contributed by atoms with Gasteiger partial charge in [-0.1, -0.05) is 154 Å². The summed E-state index contributed by atoms with van der Waals surface area (Å²) in [5, 5.41) is 0.305. The number of rotatable bonds is 5. The quantitative estimate of drug-likeness (QED) is 0.185. The van der Waals surface area contributed by atoms with Gasteiger partial charge in [-0.05, 0) is 80.4 Å². The minimum absolute atomic E-state index is 0.00500. The molecular weight excluding hydrogens is 599 g/mol. The lowest BCUT2D eigenvalue weighted by atomic mass is 9.70. The van der Waals surface area contributed by atoms with Crippen molar-refractivity contribution in [1.82, 2.24) is 0 Å². The Bertz CT molecular complexity index is 2140. The Morgan fingerprint density at radius 3 is 1.65 bits per heavy atom. The van der Waals surface area contributed by atoms with Gasteiger partial charge in [-0.3, -0.25) is 0 Å². The lowest BCUT2D eigenvalue weighted by molar-refractivity contribution is 0.607. The Labute approximate surface area is 288 Å². The van der Waals surface area contributed by atoms with E-state index in [9.17, 15) is 0 Å². The first kappa shape index (κ1) is 29.1. The number of nitrogens with zero attached hydrogens (tertiary/aromatic N) is 1. The second kappa shape index (κ2) is 11.0. The molecule has 48 heavy (non-hydrogen) atoms. The molecule has 1 aliphatic heterocycles. The Kier molecular flexibility index (Phi) is 6.68. The van der Waals surface area contributed by atoms with Gasteiger partial charge in [0.25, 0.3) is 0 Å². The van der Waals surface area contributed by atoms with Crippen molar-refractivity contribution < 1.29 is 0 Å². The van der Waals surface area contributed by atoms with Crippen LogP contribution in [0.15, 0.2) is 174 Å². The van der Waals surface area contributed by atoms with Crippen LogP contribution in [0, 0.1) is 0 Å². The maximum atomic E-state index is 2.50. The molecule has 0 spiro atoms. The third kappa shape index (κ3) is 4.39. The second-order valence-electron chi connectivity index (χ2n) is 13.9. The summed E-state index contributed by atoms with van der Waals surface area (Å²) >= 11 is 2.05. The van der Waals surface area contributed by atoms with E-state index in [0.29, 0.717) is 5.25 Å². The molecular formula is C46H37NS. The zero-order valence-corrected chi connectivity index (χ0v) is 28.3. The van der Waals surface area contributed by atoms with Crippen LogP contribution in [0.3, 0.4) is 0 Å². The van der Waals surface area contributed by atoms with Gasteiger partial charge in [-0.25, -0.2) is 0 Å². The number of fused-ring (bicyclic) bond motifs is 6. The SMILES string of the molecule is CC1(C)C2=C(c3ccccc31)C1Sc3c(N(c4ccc(-c5ccccc5)cc4)c4ccc(-c5ccccc5)cc4)cccc3C1(C)C=C2. The minimum atomic E-state index is -0.109. The molecule has 2 aliphatic carbocycles. The molecule has 0 N–H and O–H groups in total. The van der Waals surface area contributed by atoms with Crippen molar-refractivity contribution in [3.63, 3.8) is 0 Å². The smallest absolute Gasteiger partial charge is 0.0600 e. The Morgan fingerprint density at radius 2 is 1.04 bits per heavy atom. The normalized spacial score (nSPS) is 19.8. The van der Waals surface area contributed by atoms with Crippen molar-refractivity contribution in [1.29, 1.82) is 0 Å². The third-order valence-electron chi connectivity index (χ3n) is 10.8. The van der Waals surface area contributed by atoms with Gasteiger partial charge in [0, 0.05) is 32.4 Å². The van der Waals surface area contributed by atoms with Crippen LogP contribution in [-0.4, -0.2) is 5.25 Å². The summed E-state index contributed by atoms with van der Waals surface area (Å²) in [7, 11) is 0. The Balaban J connectivity index is 1.18. The van der Waals surface area contributed by atoms with Crippen LogP contribution in [0.4, 0.5) is 17.1 Å². The molecule has 232 valence electrons. The average molecular weight is 636 g/mol. The summed E-state index contributed by atoms with van der Waals surface area (Å²) in [5.41, 5.74) is 15.6. The van der Waals surface area contributed by atoms with Gasteiger partial charge in [-0.2, -0.15) is 0 Å². The first-order valence-electron chi connectivity index (χ1n) is 16.9. The van der Waals surface area contributed by atoms with Crippen molar-refractivity contribution in [2.75, 3.05) is 4.90 Å². The fourth-order valence-electron chi connectivity index (χ4n) is 8.19. The fraction of sp³-hybridized carbons (Fsp3) is 0.130. The van der Waals surface area contributed by atoms with Crippen LogP contribution >= 0.6 is 11.8 Å². The van der Waals surface area contributed by atoms with Gasteiger partial charge in [0.2, 0.25) is 0 Å². The van der Waals surface area contributed by atoms with E-state index in [2.05, 4.69) is 201 Å². The first-order valence-corrected chi connectivity index (χ1v) is 17.8. The van der Waals surface area contributed by atoms with E-state index in [-0.39, 0.29) is 10.8 Å². The molecule has 0 saturated heterocycles. The van der Waals surface area contributed by atoms with E-state index in [1.54, 1.807) is 0 Å². The Hall–Kier alpha value is -5.05. The van der Waals surface area contributed by atoms with Gasteiger partial charge in [0.1, 0.15) is 0 Å². The van der Waals surface area contributed by atoms with Crippen LogP contribution in [-0.2, 0) is 10.8 Å². The molecule has 0 fully saturated rings. The van der Waals surface area contributed by atoms with E-state index >= 15 is 0 Å². The van der Waals surface area contributed by atoms with E-state index in [1.165, 1.54) is 60.7 Å². The van der Waals surface area contributed by atoms with Crippen molar-refractivity contribution in [2.24, 2.45) is 0 Å². The summed E-state index contributed by atoms with van der Waals surface area (Å²) < 4.78 is 0. The van der Waals surface area contributed by atoms with Crippen LogP contribution in [0.1, 0.15) is 37.5 Å². The standard InChI is InChI=1S/C46H37NS/c1-45(2)38-18-11-10-17-37(38)42-39(45)29-30-46(3)40-19-12-20-41(43(40)48-44(42)46)47(35-25-21-33(22-26-35)31-13-6-4-7-14-31)36-27-23-34(24-28-36)32-15-8-5-9-16-32/h4-30,44H,1-3H3. The lowest BCUT2D eigenvalue weighted by Gasteiger charge is -2.35. The second-order valence-corrected chi connectivity index (χ2v) is 15.0. The average Bonchev–Trinajstić information content (AvgIpc) is 3.57. The maximum Gasteiger partial charge on any atom is 0.0600 e. The van der Waals surface area contributed by atoms with Crippen molar-refractivity contribution in [3.8, 4) is 22.3 Å². The van der Waals surface area contributed by atoms with Gasteiger partial charge < -0.3 is 4.90 Å². The molecule has 0 radical (unpaired) electrons. The highest BCUT2D eigenvalue weighted by molar-refractivity contribution is 8.01. The van der Waals surface area contributed by atoms with Crippen LogP contribution < -0.4 is 4.90 Å². The molecule has 1 heterocycles. The first-order chi connectivity index (χ1) is 23.4. The lowest BCUT2D eigenvalue weighted by Crippen LogP contribution is -2.32. The van der Waals surface area contributed by atoms with E-state index in [1.807, 2.05) is 0 Å². The molecule has 9 rings (SSSR count). The van der Waals surface area contributed by atoms with E-state index in [0.717, 1.165) is 11.4 Å². The largest absolute Gasteiger partial charge is 0.309 e. The predicted octanol–water partition coefficient (Wildman–Crippen LogP) is 12.5. The molecule has 3 aliphatic rings. The van der Waals surface area contributed by atoms with Gasteiger partial charge in [0.05, 0.1) is 5.69 Å². The summed E-state index contributed by atoms with van der Waals surface area (Å²) in [6.45, 7) is 7.22. The van der Waals surface area contributed by atoms with Crippen molar-refractivity contribution >= 4 is 34.4 Å². The number of anilines is 3. The highest BCUT2D eigenvalue weighted by Crippen LogP contribution is 2.64. The summed E-state index contributed by atoms with van der Waals surface area (Å²) in [6.07, 6.45) is 4.94. The highest BCUT2D eigenvalue weighted by Gasteiger charge is 2.52. The monoisotopic (exact) mass is 635 g/mol. The molecule has 0 amide bonds. The van der Waals surface area contributed by atoms with E-state index in [4.69, 9.17) is 0 Å². The zero-order valence-electron chi connectivity index (χ0n) is 27.5. The molecule has 6 aromatic carbocycles. The summed E-state index contributed by atoms with van der Waals surface area (Å²) in [6, 6.07) is 55.4. The molecule has 2 unspecified atom stereocenters. The van der Waals surface area contributed by atoms with Gasteiger partial charge >= 0.3 is 0 Å². The molecule has 0 bridgehead atoms. The fourth-order valence-corrected chi connectivity index (χ4v) is 9.94. The highest BCUT2D eigenvalue weighted by atomic mass is 32.2. The third-order valence-corrected chi connectivity index (χ3v) is 12.4. The topological polar surface area (TPSA) is 3.24 Å². The zero-order chi connectivity index (χ0) is 32.5. The number of allylic oxidation sites excluding steroid dienone is 3. The van der Waals surface area contributed by atoms with Gasteiger partial charge in [-0.15, -0.1) is 11.8 Å². The molecule has 0 saturated carbocycles. The minimum Gasteiger partial charge on any atom is -0.309 e. The van der Waals surface area contributed by atoms with Crippen LogP contribution in [0.2, 0.25) is 0 Å². The van der Waals surface area contributed by atoms with E-state index < -0.39 is 0 Å².